The van der Waals surface area contributed by atoms with Crippen molar-refractivity contribution in [3.63, 3.8) is 0 Å². The fraction of sp³-hybridized carbons (Fsp3) is 0.263. The second-order valence-electron chi connectivity index (χ2n) is 6.43. The maximum Gasteiger partial charge on any atom is 0.316 e. The van der Waals surface area contributed by atoms with Gasteiger partial charge in [-0.25, -0.2) is 0 Å². The molecule has 0 saturated carbocycles. The molecule has 0 spiro atoms. The summed E-state index contributed by atoms with van der Waals surface area (Å²) in [5.74, 6) is 0.881. The average Bonchev–Trinajstić information content (AvgIpc) is 3.24. The largest absolute Gasteiger partial charge is 0.411 e. The molecule has 2 aromatic carbocycles. The van der Waals surface area contributed by atoms with Crippen LogP contribution in [0.5, 0.6) is 0 Å². The van der Waals surface area contributed by atoms with Gasteiger partial charge in [-0.1, -0.05) is 36.0 Å². The van der Waals surface area contributed by atoms with E-state index in [-0.39, 0.29) is 12.3 Å². The Morgan fingerprint density at radius 1 is 1.19 bits per heavy atom. The molecule has 10 nitrogen and oxygen atoms in total. The van der Waals surface area contributed by atoms with Crippen LogP contribution in [0.15, 0.2) is 58.2 Å². The first-order valence-corrected chi connectivity index (χ1v) is 11.6. The summed E-state index contributed by atoms with van der Waals surface area (Å²) in [6, 6.07) is 14.1. The van der Waals surface area contributed by atoms with Crippen LogP contribution in [0, 0.1) is 10.1 Å². The van der Waals surface area contributed by atoms with Gasteiger partial charge < -0.3 is 19.2 Å². The summed E-state index contributed by atoms with van der Waals surface area (Å²) >= 11 is 1.32. The van der Waals surface area contributed by atoms with Crippen LogP contribution in [0.4, 0.5) is 5.69 Å². The molecule has 0 bridgehead atoms. The van der Waals surface area contributed by atoms with E-state index in [0.717, 1.165) is 16.7 Å². The molecule has 3 aromatic rings. The zero-order valence-electron chi connectivity index (χ0n) is 16.4. The summed E-state index contributed by atoms with van der Waals surface area (Å²) in [6.07, 6.45) is 0.647. The molecule has 0 aliphatic rings. The van der Waals surface area contributed by atoms with E-state index in [1.807, 2.05) is 30.3 Å². The van der Waals surface area contributed by atoms with E-state index >= 15 is 0 Å². The van der Waals surface area contributed by atoms with E-state index in [2.05, 4.69) is 20.0 Å². The lowest BCUT2D eigenvalue weighted by Crippen LogP contribution is -2.15. The third kappa shape index (κ3) is 7.57. The number of hydrogen-bond acceptors (Lipinski definition) is 9. The van der Waals surface area contributed by atoms with Gasteiger partial charge in [0.25, 0.3) is 10.9 Å². The number of aromatic nitrogens is 2. The molecule has 1 unspecified atom stereocenters. The predicted molar refractivity (Wildman–Crippen MR) is 116 cm³/mol. The standard InChI is InChI=1S/C19H21N4O6PS/c24-23(25)17-4-1-3-15(11-17)13-31-19-22-21-18(29-19)16-7-5-14(6-8-16)12-20-9-2-10-28-30(26)27/h1,3-8,11,20,30H,2,9-10,12-13H2,(H,26,27). The highest BCUT2D eigenvalue weighted by Gasteiger charge is 2.11. The Morgan fingerprint density at radius 2 is 2.00 bits per heavy atom. The molecule has 0 fully saturated rings. The van der Waals surface area contributed by atoms with Crippen molar-refractivity contribution in [2.45, 2.75) is 23.9 Å². The smallest absolute Gasteiger partial charge is 0.316 e. The zero-order chi connectivity index (χ0) is 22.1. The number of rotatable bonds is 12. The van der Waals surface area contributed by atoms with E-state index in [9.17, 15) is 14.7 Å². The van der Waals surface area contributed by atoms with Crippen molar-refractivity contribution in [3.8, 4) is 11.5 Å². The van der Waals surface area contributed by atoms with Gasteiger partial charge in [0.15, 0.2) is 0 Å². The molecule has 12 heteroatoms. The van der Waals surface area contributed by atoms with Crippen LogP contribution in [0.3, 0.4) is 0 Å². The Bertz CT molecular complexity index is 1030. The molecule has 1 heterocycles. The molecule has 0 radical (unpaired) electrons. The molecular weight excluding hydrogens is 443 g/mol. The number of thioether (sulfide) groups is 1. The van der Waals surface area contributed by atoms with Crippen molar-refractivity contribution in [2.75, 3.05) is 13.2 Å². The van der Waals surface area contributed by atoms with Gasteiger partial charge in [-0.3, -0.25) is 14.7 Å². The van der Waals surface area contributed by atoms with E-state index in [1.54, 1.807) is 6.07 Å². The van der Waals surface area contributed by atoms with Crippen molar-refractivity contribution < 1.29 is 23.3 Å². The van der Waals surface area contributed by atoms with Crippen molar-refractivity contribution in [1.29, 1.82) is 0 Å². The van der Waals surface area contributed by atoms with Crippen molar-refractivity contribution in [3.05, 3.63) is 69.8 Å². The fourth-order valence-electron chi connectivity index (χ4n) is 2.64. The van der Waals surface area contributed by atoms with Crippen LogP contribution in [0.25, 0.3) is 11.5 Å². The van der Waals surface area contributed by atoms with Crippen LogP contribution in [0.1, 0.15) is 17.5 Å². The highest BCUT2D eigenvalue weighted by Crippen LogP contribution is 2.27. The zero-order valence-corrected chi connectivity index (χ0v) is 18.2. The van der Waals surface area contributed by atoms with Crippen molar-refractivity contribution >= 4 is 25.7 Å². The SMILES string of the molecule is O=[N+]([O-])c1cccc(CSc2nnc(-c3ccc(CNCCCO[PH](=O)O)cc3)o2)c1. The third-order valence-electron chi connectivity index (χ3n) is 4.14. The fourth-order valence-corrected chi connectivity index (χ4v) is 3.67. The number of nitro benzene ring substituents is 1. The molecular formula is C19H21N4O6PS. The van der Waals surface area contributed by atoms with E-state index in [1.165, 1.54) is 23.9 Å². The minimum Gasteiger partial charge on any atom is -0.411 e. The highest BCUT2D eigenvalue weighted by molar-refractivity contribution is 7.98. The lowest BCUT2D eigenvalue weighted by atomic mass is 10.1. The molecule has 3 rings (SSSR count). The first-order chi connectivity index (χ1) is 15.0. The lowest BCUT2D eigenvalue weighted by Gasteiger charge is -2.05. The number of benzene rings is 2. The number of nitro groups is 1. The molecule has 31 heavy (non-hydrogen) atoms. The molecule has 0 amide bonds. The summed E-state index contributed by atoms with van der Waals surface area (Å²) in [7, 11) is -2.85. The van der Waals surface area contributed by atoms with Gasteiger partial charge >= 0.3 is 8.25 Å². The van der Waals surface area contributed by atoms with E-state index in [4.69, 9.17) is 9.31 Å². The Labute approximate surface area is 183 Å². The monoisotopic (exact) mass is 464 g/mol. The van der Waals surface area contributed by atoms with Crippen LogP contribution in [-0.2, 0) is 21.4 Å². The van der Waals surface area contributed by atoms with Crippen molar-refractivity contribution in [2.24, 2.45) is 0 Å². The minimum atomic E-state index is -2.85. The van der Waals surface area contributed by atoms with Crippen LogP contribution >= 0.6 is 20.0 Å². The van der Waals surface area contributed by atoms with Gasteiger partial charge in [0.2, 0.25) is 5.89 Å². The lowest BCUT2D eigenvalue weighted by molar-refractivity contribution is -0.384. The van der Waals surface area contributed by atoms with Gasteiger partial charge in [0.1, 0.15) is 0 Å². The predicted octanol–water partition coefficient (Wildman–Crippen LogP) is 3.82. The van der Waals surface area contributed by atoms with Gasteiger partial charge in [-0.05, 0) is 36.2 Å². The summed E-state index contributed by atoms with van der Waals surface area (Å²) in [6.45, 7) is 1.58. The summed E-state index contributed by atoms with van der Waals surface area (Å²) < 4.78 is 20.8. The molecule has 0 aliphatic heterocycles. The Morgan fingerprint density at radius 3 is 2.74 bits per heavy atom. The summed E-state index contributed by atoms with van der Waals surface area (Å²) in [5, 5.41) is 22.6. The van der Waals surface area contributed by atoms with Gasteiger partial charge in [0, 0.05) is 30.0 Å². The molecule has 2 N–H and O–H groups in total. The Hall–Kier alpha value is -2.56. The maximum atomic E-state index is 10.9. The molecule has 1 aromatic heterocycles. The topological polar surface area (TPSA) is 141 Å². The normalized spacial score (nSPS) is 12.0. The van der Waals surface area contributed by atoms with Crippen LogP contribution < -0.4 is 5.32 Å². The van der Waals surface area contributed by atoms with Gasteiger partial charge in [-0.2, -0.15) is 0 Å². The number of nitrogens with zero attached hydrogens (tertiary/aromatic N) is 3. The first kappa shape index (κ1) is 23.1. The summed E-state index contributed by atoms with van der Waals surface area (Å²) in [4.78, 5) is 19.0. The Balaban J connectivity index is 1.47. The number of nitrogens with one attached hydrogen (secondary N) is 1. The van der Waals surface area contributed by atoms with E-state index in [0.29, 0.717) is 36.4 Å². The van der Waals surface area contributed by atoms with Crippen molar-refractivity contribution in [1.82, 2.24) is 15.5 Å². The molecule has 0 saturated heterocycles. The van der Waals surface area contributed by atoms with Gasteiger partial charge in [0.05, 0.1) is 11.5 Å². The second kappa shape index (κ2) is 11.7. The highest BCUT2D eigenvalue weighted by atomic mass is 32.2. The van der Waals surface area contributed by atoms with E-state index < -0.39 is 13.2 Å². The maximum absolute atomic E-state index is 10.9. The second-order valence-corrected chi connectivity index (χ2v) is 8.18. The number of hydrogen-bond donors (Lipinski definition) is 2. The molecule has 0 aliphatic carbocycles. The first-order valence-electron chi connectivity index (χ1n) is 9.36. The number of non-ortho nitro benzene ring substituents is 1. The molecule has 164 valence electrons. The quantitative estimate of drug-likeness (QED) is 0.134. The van der Waals surface area contributed by atoms with Crippen LogP contribution in [0.2, 0.25) is 0 Å². The summed E-state index contributed by atoms with van der Waals surface area (Å²) in [5.41, 5.74) is 2.71. The van der Waals surface area contributed by atoms with Crippen LogP contribution in [-0.4, -0.2) is 33.2 Å². The van der Waals surface area contributed by atoms with Gasteiger partial charge in [-0.15, -0.1) is 10.2 Å². The molecule has 1 atom stereocenters. The third-order valence-corrected chi connectivity index (χ3v) is 5.48. The Kier molecular flexibility index (Phi) is 8.74. The average molecular weight is 464 g/mol. The minimum absolute atomic E-state index is 0.0507.